The molecule has 4 aromatic rings. The van der Waals surface area contributed by atoms with Crippen molar-refractivity contribution in [3.63, 3.8) is 0 Å². The van der Waals surface area contributed by atoms with Crippen LogP contribution >= 0.6 is 58.0 Å². The van der Waals surface area contributed by atoms with Crippen LogP contribution in [0.3, 0.4) is 0 Å². The van der Waals surface area contributed by atoms with Gasteiger partial charge in [0.2, 0.25) is 0 Å². The molecule has 6 nitrogen and oxygen atoms in total. The van der Waals surface area contributed by atoms with Gasteiger partial charge >= 0.3 is 0 Å². The highest BCUT2D eigenvalue weighted by atomic mass is 35.5. The SMILES string of the molecule is O=C(Nc1nn(Cc2ccc(Cl)cc2Cl)cc1Cl)c1cc(-c2ccc(Cl)c(Cl)c2)n[nH]1. The Labute approximate surface area is 202 Å². The quantitative estimate of drug-likeness (QED) is 0.306. The minimum Gasteiger partial charge on any atom is -0.302 e. The van der Waals surface area contributed by atoms with Crippen LogP contribution in [-0.2, 0) is 6.54 Å². The van der Waals surface area contributed by atoms with Gasteiger partial charge in [0, 0.05) is 21.8 Å². The fourth-order valence-corrected chi connectivity index (χ4v) is 3.77. The molecule has 11 heteroatoms. The minimum atomic E-state index is -0.449. The van der Waals surface area contributed by atoms with E-state index >= 15 is 0 Å². The molecule has 0 unspecified atom stereocenters. The van der Waals surface area contributed by atoms with E-state index in [4.69, 9.17) is 58.0 Å². The Bertz CT molecular complexity index is 1280. The van der Waals surface area contributed by atoms with E-state index in [2.05, 4.69) is 20.6 Å². The smallest absolute Gasteiger partial charge is 0.274 e. The molecule has 1 amide bonds. The third-order valence-electron chi connectivity index (χ3n) is 4.33. The minimum absolute atomic E-state index is 0.211. The number of hydrogen-bond donors (Lipinski definition) is 2. The molecule has 4 rings (SSSR count). The number of carbonyl (C=O) groups excluding carboxylic acids is 1. The normalized spacial score (nSPS) is 11.0. The Morgan fingerprint density at radius 2 is 1.74 bits per heavy atom. The molecule has 0 fully saturated rings. The van der Waals surface area contributed by atoms with Gasteiger partial charge in [-0.25, -0.2) is 0 Å². The van der Waals surface area contributed by atoms with Gasteiger partial charge < -0.3 is 5.32 Å². The van der Waals surface area contributed by atoms with Gasteiger partial charge in [-0.1, -0.05) is 70.1 Å². The molecule has 158 valence electrons. The molecule has 0 saturated carbocycles. The van der Waals surface area contributed by atoms with Gasteiger partial charge in [-0.3, -0.25) is 14.6 Å². The topological polar surface area (TPSA) is 75.6 Å². The van der Waals surface area contributed by atoms with Crippen LogP contribution in [0.25, 0.3) is 11.3 Å². The summed E-state index contributed by atoms with van der Waals surface area (Å²) in [6, 6.07) is 11.9. The van der Waals surface area contributed by atoms with Crippen molar-refractivity contribution in [1.82, 2.24) is 20.0 Å². The van der Waals surface area contributed by atoms with Gasteiger partial charge in [-0.05, 0) is 35.9 Å². The van der Waals surface area contributed by atoms with E-state index in [9.17, 15) is 4.79 Å². The lowest BCUT2D eigenvalue weighted by atomic mass is 10.1. The standard InChI is InChI=1S/C20H12Cl5N5O/c21-12-3-1-11(14(23)6-12)8-30-9-16(25)19(29-30)26-20(31)18-7-17(27-28-18)10-2-4-13(22)15(24)5-10/h1-7,9H,8H2,(H,27,28)(H,26,29,31). The van der Waals surface area contributed by atoms with Gasteiger partial charge in [0.1, 0.15) is 10.7 Å². The lowest BCUT2D eigenvalue weighted by Gasteiger charge is -2.05. The zero-order valence-electron chi connectivity index (χ0n) is 15.5. The van der Waals surface area contributed by atoms with Crippen molar-refractivity contribution in [3.05, 3.63) is 85.0 Å². The molecule has 2 heterocycles. The summed E-state index contributed by atoms with van der Waals surface area (Å²) >= 11 is 30.4. The van der Waals surface area contributed by atoms with Crippen LogP contribution in [0.4, 0.5) is 5.82 Å². The Morgan fingerprint density at radius 3 is 2.48 bits per heavy atom. The number of amides is 1. The van der Waals surface area contributed by atoms with Gasteiger partial charge in [-0.2, -0.15) is 10.2 Å². The predicted octanol–water partition coefficient (Wildman–Crippen LogP) is 6.84. The first-order chi connectivity index (χ1) is 14.8. The maximum atomic E-state index is 12.6. The number of halogens is 5. The Hall–Kier alpha value is -2.22. The lowest BCUT2D eigenvalue weighted by molar-refractivity contribution is 0.102. The van der Waals surface area contributed by atoms with Crippen molar-refractivity contribution >= 4 is 69.7 Å². The molecule has 2 aromatic heterocycles. The average Bonchev–Trinajstić information content (AvgIpc) is 3.34. The third kappa shape index (κ3) is 5.00. The van der Waals surface area contributed by atoms with E-state index in [1.54, 1.807) is 53.3 Å². The number of aromatic nitrogens is 4. The lowest BCUT2D eigenvalue weighted by Crippen LogP contribution is -2.13. The fourth-order valence-electron chi connectivity index (χ4n) is 2.80. The number of nitrogens with one attached hydrogen (secondary N) is 2. The van der Waals surface area contributed by atoms with Gasteiger partial charge in [-0.15, -0.1) is 0 Å². The maximum Gasteiger partial charge on any atom is 0.274 e. The summed E-state index contributed by atoms with van der Waals surface area (Å²) in [5.74, 6) is -0.238. The highest BCUT2D eigenvalue weighted by Gasteiger charge is 2.16. The van der Waals surface area contributed by atoms with Crippen molar-refractivity contribution in [2.45, 2.75) is 6.54 Å². The van der Waals surface area contributed by atoms with Gasteiger partial charge in [0.25, 0.3) is 5.91 Å². The molecule has 0 aliphatic carbocycles. The summed E-state index contributed by atoms with van der Waals surface area (Å²) in [7, 11) is 0. The number of hydrogen-bond acceptors (Lipinski definition) is 3. The zero-order valence-corrected chi connectivity index (χ0v) is 19.2. The van der Waals surface area contributed by atoms with Crippen LogP contribution in [0.1, 0.15) is 16.1 Å². The summed E-state index contributed by atoms with van der Waals surface area (Å²) in [5, 5.41) is 16.0. The number of anilines is 1. The fraction of sp³-hybridized carbons (Fsp3) is 0.0500. The number of benzene rings is 2. The molecule has 2 N–H and O–H groups in total. The second-order valence-electron chi connectivity index (χ2n) is 6.51. The summed E-state index contributed by atoms with van der Waals surface area (Å²) in [6.45, 7) is 0.358. The van der Waals surface area contributed by atoms with E-state index in [0.717, 1.165) is 5.56 Å². The monoisotopic (exact) mass is 513 g/mol. The highest BCUT2D eigenvalue weighted by Crippen LogP contribution is 2.28. The largest absolute Gasteiger partial charge is 0.302 e. The van der Waals surface area contributed by atoms with Crippen molar-refractivity contribution in [3.8, 4) is 11.3 Å². The first kappa shape index (κ1) is 22.0. The van der Waals surface area contributed by atoms with Crippen molar-refractivity contribution in [2.75, 3.05) is 5.32 Å². The number of carbonyl (C=O) groups is 1. The summed E-state index contributed by atoms with van der Waals surface area (Å²) in [5.41, 5.74) is 2.29. The molecule has 0 radical (unpaired) electrons. The second kappa shape index (κ2) is 9.10. The van der Waals surface area contributed by atoms with E-state index in [1.807, 2.05) is 0 Å². The molecule has 0 saturated heterocycles. The van der Waals surface area contributed by atoms with Gasteiger partial charge in [0.05, 0.1) is 22.3 Å². The number of nitrogens with zero attached hydrogens (tertiary/aromatic N) is 3. The zero-order chi connectivity index (χ0) is 22.1. The highest BCUT2D eigenvalue weighted by molar-refractivity contribution is 6.42. The Morgan fingerprint density at radius 1 is 0.935 bits per heavy atom. The van der Waals surface area contributed by atoms with E-state index in [1.165, 1.54) is 0 Å². The van der Waals surface area contributed by atoms with Crippen molar-refractivity contribution < 1.29 is 4.79 Å². The van der Waals surface area contributed by atoms with Crippen LogP contribution in [-0.4, -0.2) is 25.9 Å². The number of rotatable bonds is 5. The van der Waals surface area contributed by atoms with Gasteiger partial charge in [0.15, 0.2) is 5.82 Å². The molecular formula is C20H12Cl5N5O. The first-order valence-electron chi connectivity index (χ1n) is 8.79. The number of H-pyrrole nitrogens is 1. The van der Waals surface area contributed by atoms with E-state index in [0.29, 0.717) is 37.9 Å². The Balaban J connectivity index is 1.49. The predicted molar refractivity (Wildman–Crippen MR) is 125 cm³/mol. The van der Waals surface area contributed by atoms with Crippen LogP contribution in [0.2, 0.25) is 25.1 Å². The first-order valence-corrected chi connectivity index (χ1v) is 10.7. The molecule has 0 aliphatic heterocycles. The summed E-state index contributed by atoms with van der Waals surface area (Å²) in [4.78, 5) is 12.6. The summed E-state index contributed by atoms with van der Waals surface area (Å²) in [6.07, 6.45) is 1.59. The van der Waals surface area contributed by atoms with Crippen LogP contribution in [0, 0.1) is 0 Å². The number of aromatic amines is 1. The molecule has 0 bridgehead atoms. The molecule has 31 heavy (non-hydrogen) atoms. The summed E-state index contributed by atoms with van der Waals surface area (Å²) < 4.78 is 1.57. The molecule has 2 aromatic carbocycles. The van der Waals surface area contributed by atoms with E-state index in [-0.39, 0.29) is 16.5 Å². The Kier molecular flexibility index (Phi) is 6.46. The molecule has 0 spiro atoms. The second-order valence-corrected chi connectivity index (χ2v) is 8.57. The molecular weight excluding hydrogens is 504 g/mol. The van der Waals surface area contributed by atoms with Crippen molar-refractivity contribution in [1.29, 1.82) is 0 Å². The average molecular weight is 516 g/mol. The molecule has 0 aliphatic rings. The van der Waals surface area contributed by atoms with Crippen LogP contribution in [0.15, 0.2) is 48.7 Å². The van der Waals surface area contributed by atoms with Crippen LogP contribution in [0.5, 0.6) is 0 Å². The van der Waals surface area contributed by atoms with Crippen molar-refractivity contribution in [2.24, 2.45) is 0 Å². The van der Waals surface area contributed by atoms with E-state index < -0.39 is 5.91 Å². The molecule has 0 atom stereocenters. The van der Waals surface area contributed by atoms with Crippen LogP contribution < -0.4 is 5.32 Å². The third-order valence-corrected chi connectivity index (χ3v) is 5.94. The maximum absolute atomic E-state index is 12.6.